The Hall–Kier alpha value is -3.32. The fourth-order valence-corrected chi connectivity index (χ4v) is 2.36. The van der Waals surface area contributed by atoms with Crippen molar-refractivity contribution < 1.29 is 53.6 Å². The number of hydrogen-bond acceptors (Lipinski definition) is 4. The highest BCUT2D eigenvalue weighted by molar-refractivity contribution is 6.41. The molecule has 0 fully saturated rings. The Balaban J connectivity index is 2.14. The Morgan fingerprint density at radius 3 is 1.18 bits per heavy atom. The van der Waals surface area contributed by atoms with Crippen LogP contribution in [0.3, 0.4) is 0 Å². The quantitative estimate of drug-likeness (QED) is 0.151. The number of rotatable bonds is 8. The average Bonchev–Trinajstić information content (AvgIpc) is 2.80. The third-order valence-corrected chi connectivity index (χ3v) is 4.15. The molecule has 0 amide bonds. The minimum absolute atomic E-state index is 0.0122. The van der Waals surface area contributed by atoms with Crippen LogP contribution in [0.15, 0.2) is 10.3 Å². The zero-order valence-corrected chi connectivity index (χ0v) is 16.6. The number of nitrogens with zero attached hydrogens (tertiary/aromatic N) is 2. The first-order valence-corrected chi connectivity index (χ1v) is 8.80. The normalized spacial score (nSPS) is 12.4. The van der Waals surface area contributed by atoms with Gasteiger partial charge in [-0.1, -0.05) is 17.2 Å². The first-order chi connectivity index (χ1) is 15.4. The molecule has 33 heavy (non-hydrogen) atoms. The molecule has 0 atom stereocenters. The molecule has 2 rings (SSSR count). The average molecular weight is 490 g/mol. The van der Waals surface area contributed by atoms with Gasteiger partial charge in [0.2, 0.25) is 11.6 Å². The van der Waals surface area contributed by atoms with Crippen LogP contribution in [-0.2, 0) is 22.9 Å². The molecule has 14 heteroatoms. The fourth-order valence-electron chi connectivity index (χ4n) is 2.36. The molecular formula is C19H12F10N2O2. The number of halogens is 10. The second-order valence-corrected chi connectivity index (χ2v) is 6.21. The molecule has 0 saturated carbocycles. The van der Waals surface area contributed by atoms with E-state index in [2.05, 4.69) is 20.0 Å². The van der Waals surface area contributed by atoms with Crippen molar-refractivity contribution in [1.82, 2.24) is 0 Å². The van der Waals surface area contributed by atoms with E-state index in [9.17, 15) is 43.9 Å². The van der Waals surface area contributed by atoms with Crippen molar-refractivity contribution in [2.45, 2.75) is 33.5 Å². The van der Waals surface area contributed by atoms with Crippen molar-refractivity contribution in [2.24, 2.45) is 10.3 Å². The van der Waals surface area contributed by atoms with Crippen LogP contribution in [0.4, 0.5) is 43.9 Å². The second-order valence-electron chi connectivity index (χ2n) is 6.21. The van der Waals surface area contributed by atoms with Gasteiger partial charge in [-0.2, -0.15) is 0 Å². The first-order valence-electron chi connectivity index (χ1n) is 8.80. The molecular weight excluding hydrogens is 478 g/mol. The molecule has 0 heterocycles. The zero-order chi connectivity index (χ0) is 25.0. The maximum absolute atomic E-state index is 13.6. The Morgan fingerprint density at radius 1 is 0.545 bits per heavy atom. The summed E-state index contributed by atoms with van der Waals surface area (Å²) in [7, 11) is 0. The highest BCUT2D eigenvalue weighted by Gasteiger charge is 2.27. The van der Waals surface area contributed by atoms with E-state index in [1.54, 1.807) is 0 Å². The van der Waals surface area contributed by atoms with E-state index in [-0.39, 0.29) is 17.8 Å². The Labute approximate surface area is 179 Å². The largest absolute Gasteiger partial charge is 0.390 e. The third-order valence-electron chi connectivity index (χ3n) is 4.15. The van der Waals surface area contributed by atoms with Crippen LogP contribution in [0.5, 0.6) is 0 Å². The van der Waals surface area contributed by atoms with E-state index in [1.807, 2.05) is 0 Å². The standard InChI is InChI=1S/C19H12F10N2O2/c1-3-9(31-33-5-8-12(22)16(26)19(29)17(27)13(8)23)6(2)30-32-4-7-10(20)14(24)18(28)15(25)11(7)21/h3-5H2,1-2H3/b30-6-,31-9+. The predicted molar refractivity (Wildman–Crippen MR) is 92.9 cm³/mol. The van der Waals surface area contributed by atoms with E-state index >= 15 is 0 Å². The lowest BCUT2D eigenvalue weighted by molar-refractivity contribution is 0.119. The number of hydrogen-bond donors (Lipinski definition) is 0. The van der Waals surface area contributed by atoms with Gasteiger partial charge in [0, 0.05) is 0 Å². The second kappa shape index (κ2) is 10.5. The fraction of sp³-hybridized carbons (Fsp3) is 0.263. The molecule has 2 aromatic rings. The van der Waals surface area contributed by atoms with Gasteiger partial charge in [0.25, 0.3) is 0 Å². The van der Waals surface area contributed by atoms with Gasteiger partial charge >= 0.3 is 0 Å². The molecule has 0 N–H and O–H groups in total. The van der Waals surface area contributed by atoms with Crippen LogP contribution in [0.1, 0.15) is 31.4 Å². The van der Waals surface area contributed by atoms with Gasteiger partial charge in [-0.25, -0.2) is 43.9 Å². The molecule has 0 radical (unpaired) electrons. The van der Waals surface area contributed by atoms with Crippen LogP contribution in [-0.4, -0.2) is 11.4 Å². The minimum Gasteiger partial charge on any atom is -0.390 e. The van der Waals surface area contributed by atoms with Crippen molar-refractivity contribution in [1.29, 1.82) is 0 Å². The Bertz CT molecular complexity index is 1080. The molecule has 0 aliphatic rings. The summed E-state index contributed by atoms with van der Waals surface area (Å²) in [5, 5.41) is 6.79. The summed E-state index contributed by atoms with van der Waals surface area (Å²) in [6.45, 7) is 0.367. The molecule has 0 spiro atoms. The smallest absolute Gasteiger partial charge is 0.200 e. The molecule has 2 aromatic carbocycles. The summed E-state index contributed by atoms with van der Waals surface area (Å²) in [6, 6.07) is 0. The van der Waals surface area contributed by atoms with Gasteiger partial charge in [-0.15, -0.1) is 0 Å². The molecule has 0 aliphatic heterocycles. The van der Waals surface area contributed by atoms with Crippen LogP contribution < -0.4 is 0 Å². The lowest BCUT2D eigenvalue weighted by Gasteiger charge is -2.09. The number of benzene rings is 2. The van der Waals surface area contributed by atoms with E-state index < -0.39 is 82.5 Å². The minimum atomic E-state index is -2.35. The maximum Gasteiger partial charge on any atom is 0.200 e. The van der Waals surface area contributed by atoms with Gasteiger partial charge in [-0.3, -0.25) is 0 Å². The highest BCUT2D eigenvalue weighted by Crippen LogP contribution is 2.25. The molecule has 0 bridgehead atoms. The predicted octanol–water partition coefficient (Wildman–Crippen LogP) is 5.95. The van der Waals surface area contributed by atoms with E-state index in [1.165, 1.54) is 13.8 Å². The van der Waals surface area contributed by atoms with Crippen LogP contribution >= 0.6 is 0 Å². The van der Waals surface area contributed by atoms with Crippen molar-refractivity contribution in [3.8, 4) is 0 Å². The first kappa shape index (κ1) is 25.9. The van der Waals surface area contributed by atoms with Crippen LogP contribution in [0.2, 0.25) is 0 Å². The van der Waals surface area contributed by atoms with E-state index in [0.717, 1.165) is 0 Å². The third kappa shape index (κ3) is 5.20. The summed E-state index contributed by atoms with van der Waals surface area (Å²) in [5.41, 5.74) is -2.83. The maximum atomic E-state index is 13.6. The summed E-state index contributed by atoms with van der Waals surface area (Å²) in [4.78, 5) is 9.19. The molecule has 0 saturated heterocycles. The summed E-state index contributed by atoms with van der Waals surface area (Å²) < 4.78 is 133. The van der Waals surface area contributed by atoms with Gasteiger partial charge in [0.15, 0.2) is 46.5 Å². The summed E-state index contributed by atoms with van der Waals surface area (Å²) >= 11 is 0. The van der Waals surface area contributed by atoms with Gasteiger partial charge in [0.05, 0.1) is 11.1 Å². The lowest BCUT2D eigenvalue weighted by Crippen LogP contribution is -2.13. The molecule has 0 aromatic heterocycles. The lowest BCUT2D eigenvalue weighted by atomic mass is 10.2. The number of oxime groups is 2. The zero-order valence-electron chi connectivity index (χ0n) is 16.6. The van der Waals surface area contributed by atoms with E-state index in [4.69, 9.17) is 0 Å². The SMILES string of the molecule is CCC(=N\OCc1c(F)c(F)c(F)c(F)c1F)/C(C)=N\OCc1c(F)c(F)c(F)c(F)c1F. The van der Waals surface area contributed by atoms with Crippen molar-refractivity contribution >= 4 is 11.4 Å². The summed E-state index contributed by atoms with van der Waals surface area (Å²) in [5.74, 6) is -21.9. The van der Waals surface area contributed by atoms with Crippen LogP contribution in [0.25, 0.3) is 0 Å². The van der Waals surface area contributed by atoms with Crippen molar-refractivity contribution in [2.75, 3.05) is 0 Å². The van der Waals surface area contributed by atoms with Crippen molar-refractivity contribution in [3.63, 3.8) is 0 Å². The topological polar surface area (TPSA) is 43.2 Å². The van der Waals surface area contributed by atoms with Gasteiger partial charge < -0.3 is 9.68 Å². The molecule has 4 nitrogen and oxygen atoms in total. The molecule has 0 aliphatic carbocycles. The summed E-state index contributed by atoms with van der Waals surface area (Å²) in [6.07, 6.45) is 0.0122. The van der Waals surface area contributed by atoms with Gasteiger partial charge in [0.1, 0.15) is 24.6 Å². The Kier molecular flexibility index (Phi) is 8.28. The Morgan fingerprint density at radius 2 is 0.848 bits per heavy atom. The highest BCUT2D eigenvalue weighted by atomic mass is 19.2. The molecule has 180 valence electrons. The monoisotopic (exact) mass is 490 g/mol. The van der Waals surface area contributed by atoms with Crippen molar-refractivity contribution in [3.05, 3.63) is 69.3 Å². The molecule has 0 unspecified atom stereocenters. The van der Waals surface area contributed by atoms with Crippen LogP contribution in [0, 0.1) is 58.2 Å². The van der Waals surface area contributed by atoms with Gasteiger partial charge in [-0.05, 0) is 13.3 Å². The van der Waals surface area contributed by atoms with E-state index in [0.29, 0.717) is 0 Å².